The molecule has 2 aromatic heterocycles. The summed E-state index contributed by atoms with van der Waals surface area (Å²) in [4.78, 5) is 47.9. The Hall–Kier alpha value is -4.12. The summed E-state index contributed by atoms with van der Waals surface area (Å²) in [6.07, 6.45) is 5.14. The summed E-state index contributed by atoms with van der Waals surface area (Å²) >= 11 is 0. The number of carbonyl (C=O) groups excluding carboxylic acids is 1. The van der Waals surface area contributed by atoms with Crippen molar-refractivity contribution in [1.82, 2.24) is 19.4 Å². The van der Waals surface area contributed by atoms with Gasteiger partial charge >= 0.3 is 0 Å². The Morgan fingerprint density at radius 1 is 1.15 bits per heavy atom. The predicted octanol–water partition coefficient (Wildman–Crippen LogP) is 2.06. The number of benzene rings is 1. The highest BCUT2D eigenvalue weighted by atomic mass is 16.6. The second-order valence-corrected chi connectivity index (χ2v) is 7.85. The molecule has 1 fully saturated rings. The van der Waals surface area contributed by atoms with Crippen LogP contribution in [0.15, 0.2) is 47.7 Å². The van der Waals surface area contributed by atoms with Gasteiger partial charge in [-0.05, 0) is 25.2 Å². The first-order valence-corrected chi connectivity index (χ1v) is 10.3. The minimum atomic E-state index is -0.422. The predicted molar refractivity (Wildman–Crippen MR) is 124 cm³/mol. The van der Waals surface area contributed by atoms with E-state index in [0.717, 1.165) is 13.1 Å². The van der Waals surface area contributed by atoms with Crippen molar-refractivity contribution >= 4 is 29.2 Å². The lowest BCUT2D eigenvalue weighted by molar-refractivity contribution is -0.384. The van der Waals surface area contributed by atoms with Crippen LogP contribution in [0.5, 0.6) is 0 Å². The quantitative estimate of drug-likeness (QED) is 0.342. The van der Waals surface area contributed by atoms with Gasteiger partial charge in [0.15, 0.2) is 12.1 Å². The number of carbonyl (C=O) groups is 1. The SMILES string of the molecule is CN1CCN(c2ccc(Nc3nc(-c4ccncc4C=O)cn(C)c3=O)cc2[N+](=O)[O-])CC1. The van der Waals surface area contributed by atoms with Crippen molar-refractivity contribution < 1.29 is 9.72 Å². The highest BCUT2D eigenvalue weighted by Gasteiger charge is 2.23. The average Bonchev–Trinajstić information content (AvgIpc) is 2.82. The molecule has 170 valence electrons. The van der Waals surface area contributed by atoms with Gasteiger partial charge in [-0.2, -0.15) is 0 Å². The summed E-state index contributed by atoms with van der Waals surface area (Å²) < 4.78 is 1.34. The molecule has 0 spiro atoms. The smallest absolute Gasteiger partial charge is 0.294 e. The van der Waals surface area contributed by atoms with E-state index in [1.165, 1.54) is 29.2 Å². The highest BCUT2D eigenvalue weighted by molar-refractivity contribution is 5.86. The summed E-state index contributed by atoms with van der Waals surface area (Å²) in [5.74, 6) is -0.00898. The average molecular weight is 449 g/mol. The van der Waals surface area contributed by atoms with E-state index in [4.69, 9.17) is 0 Å². The van der Waals surface area contributed by atoms with Crippen molar-refractivity contribution in [3.8, 4) is 11.3 Å². The van der Waals surface area contributed by atoms with Crippen LogP contribution in [0.4, 0.5) is 22.9 Å². The third-order valence-corrected chi connectivity index (χ3v) is 5.60. The number of pyridine rings is 1. The third-order valence-electron chi connectivity index (χ3n) is 5.60. The van der Waals surface area contributed by atoms with Gasteiger partial charge in [-0.25, -0.2) is 4.98 Å². The van der Waals surface area contributed by atoms with E-state index in [1.54, 1.807) is 25.2 Å². The van der Waals surface area contributed by atoms with Crippen molar-refractivity contribution in [2.45, 2.75) is 0 Å². The van der Waals surface area contributed by atoms with Crippen molar-refractivity contribution in [3.05, 3.63) is 68.9 Å². The Morgan fingerprint density at radius 2 is 1.91 bits per heavy atom. The summed E-state index contributed by atoms with van der Waals surface area (Å²) in [5, 5.41) is 14.7. The normalized spacial score (nSPS) is 14.2. The number of likely N-dealkylation sites (N-methyl/N-ethyl adjacent to an activating group) is 1. The van der Waals surface area contributed by atoms with Crippen LogP contribution in [0.3, 0.4) is 0 Å². The molecule has 11 heteroatoms. The lowest BCUT2D eigenvalue weighted by atomic mass is 10.1. The fraction of sp³-hybridized carbons (Fsp3) is 0.273. The number of aryl methyl sites for hydroxylation is 1. The Bertz CT molecular complexity index is 1270. The molecule has 3 heterocycles. The van der Waals surface area contributed by atoms with Crippen molar-refractivity contribution in [1.29, 1.82) is 0 Å². The van der Waals surface area contributed by atoms with Crippen LogP contribution in [0.1, 0.15) is 10.4 Å². The van der Waals surface area contributed by atoms with Crippen molar-refractivity contribution in [2.24, 2.45) is 7.05 Å². The lowest BCUT2D eigenvalue weighted by Crippen LogP contribution is -2.44. The molecule has 0 aliphatic carbocycles. The number of hydrogen-bond donors (Lipinski definition) is 1. The number of nitrogens with zero attached hydrogens (tertiary/aromatic N) is 6. The largest absolute Gasteiger partial charge is 0.363 e. The van der Waals surface area contributed by atoms with Crippen molar-refractivity contribution in [3.63, 3.8) is 0 Å². The molecule has 0 atom stereocenters. The monoisotopic (exact) mass is 449 g/mol. The first-order chi connectivity index (χ1) is 15.9. The topological polar surface area (TPSA) is 126 Å². The van der Waals surface area contributed by atoms with Gasteiger partial charge in [0.2, 0.25) is 0 Å². The molecular weight excluding hydrogens is 426 g/mol. The minimum absolute atomic E-state index is 0.00898. The molecule has 3 aromatic rings. The molecule has 4 rings (SSSR count). The van der Waals surface area contributed by atoms with Crippen LogP contribution in [0, 0.1) is 10.1 Å². The molecule has 1 saturated heterocycles. The Kier molecular flexibility index (Phi) is 6.13. The third kappa shape index (κ3) is 4.58. The van der Waals surface area contributed by atoms with Gasteiger partial charge in [0, 0.05) is 74.7 Å². The van der Waals surface area contributed by atoms with Crippen molar-refractivity contribution in [2.75, 3.05) is 43.4 Å². The van der Waals surface area contributed by atoms with E-state index in [1.807, 2.05) is 11.9 Å². The molecule has 1 aliphatic rings. The van der Waals surface area contributed by atoms with E-state index < -0.39 is 10.5 Å². The van der Waals surface area contributed by atoms with Gasteiger partial charge in [0.25, 0.3) is 11.2 Å². The van der Waals surface area contributed by atoms with Crippen LogP contribution in [0.2, 0.25) is 0 Å². The van der Waals surface area contributed by atoms with Gasteiger partial charge < -0.3 is 19.7 Å². The Morgan fingerprint density at radius 3 is 2.61 bits per heavy atom. The fourth-order valence-electron chi connectivity index (χ4n) is 3.75. The number of aromatic nitrogens is 3. The Balaban J connectivity index is 1.69. The highest BCUT2D eigenvalue weighted by Crippen LogP contribution is 2.32. The number of nitrogens with one attached hydrogen (secondary N) is 1. The van der Waals surface area contributed by atoms with Crippen LogP contribution >= 0.6 is 0 Å². The lowest BCUT2D eigenvalue weighted by Gasteiger charge is -2.33. The van der Waals surface area contributed by atoms with Gasteiger partial charge in [-0.3, -0.25) is 24.7 Å². The number of rotatable bonds is 6. The van der Waals surface area contributed by atoms with Gasteiger partial charge in [-0.1, -0.05) is 0 Å². The van der Waals surface area contributed by atoms with Crippen LogP contribution in [0.25, 0.3) is 11.3 Å². The fourth-order valence-corrected chi connectivity index (χ4v) is 3.75. The molecule has 0 radical (unpaired) electrons. The van der Waals surface area contributed by atoms with E-state index in [2.05, 4.69) is 20.2 Å². The van der Waals surface area contributed by atoms with Gasteiger partial charge in [0.05, 0.1) is 10.6 Å². The van der Waals surface area contributed by atoms with E-state index in [-0.39, 0.29) is 11.5 Å². The number of nitro groups is 1. The second kappa shape index (κ2) is 9.17. The minimum Gasteiger partial charge on any atom is -0.363 e. The van der Waals surface area contributed by atoms with Gasteiger partial charge in [-0.15, -0.1) is 0 Å². The number of hydrogen-bond acceptors (Lipinski definition) is 9. The number of anilines is 3. The molecule has 0 saturated carbocycles. The van der Waals surface area contributed by atoms with E-state index in [0.29, 0.717) is 47.6 Å². The number of nitro benzene ring substituents is 1. The molecule has 0 amide bonds. The summed E-state index contributed by atoms with van der Waals surface area (Å²) in [5.41, 5.74) is 1.71. The first kappa shape index (κ1) is 22.1. The molecule has 11 nitrogen and oxygen atoms in total. The molecule has 1 aromatic carbocycles. The molecule has 33 heavy (non-hydrogen) atoms. The maximum absolute atomic E-state index is 12.7. The zero-order valence-corrected chi connectivity index (χ0v) is 18.3. The standard InChI is InChI=1S/C22H23N7O4/c1-26-7-9-28(10-8-26)19-4-3-16(11-20(19)29(32)33)24-21-22(31)27(2)13-18(25-21)17-5-6-23-12-15(17)14-30/h3-6,11-14H,7-10H2,1-2H3,(H,24,25). The van der Waals surface area contributed by atoms with Crippen LogP contribution in [-0.2, 0) is 7.05 Å². The number of piperazine rings is 1. The molecular formula is C22H23N7O4. The van der Waals surface area contributed by atoms with E-state index in [9.17, 15) is 19.7 Å². The maximum Gasteiger partial charge on any atom is 0.294 e. The number of aldehydes is 1. The van der Waals surface area contributed by atoms with Gasteiger partial charge in [0.1, 0.15) is 5.69 Å². The molecule has 0 bridgehead atoms. The summed E-state index contributed by atoms with van der Waals surface area (Å²) in [6.45, 7) is 3.03. The second-order valence-electron chi connectivity index (χ2n) is 7.85. The Labute approximate surface area is 189 Å². The van der Waals surface area contributed by atoms with Crippen LogP contribution in [-0.4, -0.2) is 63.9 Å². The zero-order valence-electron chi connectivity index (χ0n) is 18.3. The maximum atomic E-state index is 12.7. The summed E-state index contributed by atoms with van der Waals surface area (Å²) in [7, 11) is 3.59. The first-order valence-electron chi connectivity index (χ1n) is 10.3. The summed E-state index contributed by atoms with van der Waals surface area (Å²) in [6, 6.07) is 6.42. The zero-order chi connectivity index (χ0) is 23.5. The van der Waals surface area contributed by atoms with Crippen LogP contribution < -0.4 is 15.8 Å². The molecule has 0 unspecified atom stereocenters. The molecule has 1 aliphatic heterocycles. The van der Waals surface area contributed by atoms with E-state index >= 15 is 0 Å². The molecule has 1 N–H and O–H groups in total.